The molecule has 0 spiro atoms. The van der Waals surface area contributed by atoms with Crippen molar-refractivity contribution in [3.05, 3.63) is 35.8 Å². The molecule has 1 saturated heterocycles. The third-order valence-corrected chi connectivity index (χ3v) is 4.56. The van der Waals surface area contributed by atoms with E-state index in [1.165, 1.54) is 11.3 Å². The maximum absolute atomic E-state index is 12.6. The number of para-hydroxylation sites is 1. The molecule has 2 aromatic rings. The van der Waals surface area contributed by atoms with Crippen LogP contribution in [0.15, 0.2) is 35.8 Å². The molecule has 0 bridgehead atoms. The predicted octanol–water partition coefficient (Wildman–Crippen LogP) is 2.63. The maximum Gasteiger partial charge on any atom is 0.326 e. The van der Waals surface area contributed by atoms with Crippen molar-refractivity contribution in [1.29, 1.82) is 0 Å². The molecular formula is C14H17N5OS. The predicted molar refractivity (Wildman–Crippen MR) is 83.5 cm³/mol. The molecule has 2 heterocycles. The Morgan fingerprint density at radius 2 is 2.00 bits per heavy atom. The second kappa shape index (κ2) is 5.00. The third kappa shape index (κ3) is 2.23. The molecule has 1 fully saturated rings. The van der Waals surface area contributed by atoms with Crippen molar-refractivity contribution < 1.29 is 4.79 Å². The highest BCUT2D eigenvalue weighted by Gasteiger charge is 2.50. The fourth-order valence-corrected chi connectivity index (χ4v) is 2.93. The average Bonchev–Trinajstić information content (AvgIpc) is 3.04. The maximum atomic E-state index is 12.6. The Kier molecular flexibility index (Phi) is 3.29. The molecule has 1 atom stereocenters. The second-order valence-electron chi connectivity index (χ2n) is 5.49. The number of likely N-dealkylation sites (N-methyl/N-ethyl adjacent to an activating group) is 1. The number of urea groups is 1. The minimum atomic E-state index is -0.376. The number of hydrogen-bond donors (Lipinski definition) is 1. The van der Waals surface area contributed by atoms with Gasteiger partial charge < -0.3 is 10.2 Å². The molecule has 0 radical (unpaired) electrons. The van der Waals surface area contributed by atoms with Gasteiger partial charge in [-0.15, -0.1) is 10.2 Å². The van der Waals surface area contributed by atoms with Crippen LogP contribution in [0, 0.1) is 0 Å². The summed E-state index contributed by atoms with van der Waals surface area (Å²) in [6.07, 6.45) is -0.217. The van der Waals surface area contributed by atoms with Crippen molar-refractivity contribution in [3.63, 3.8) is 0 Å². The SMILES string of the molecule is CN1C(=O)N(c2ccccc2)[C@@H](Nc2nncs2)C1(C)C. The van der Waals surface area contributed by atoms with Gasteiger partial charge in [0, 0.05) is 12.7 Å². The van der Waals surface area contributed by atoms with Crippen molar-refractivity contribution in [2.75, 3.05) is 17.3 Å². The number of aromatic nitrogens is 2. The molecule has 7 heteroatoms. The van der Waals surface area contributed by atoms with Gasteiger partial charge in [0.2, 0.25) is 5.13 Å². The molecule has 1 aliphatic heterocycles. The zero-order valence-electron chi connectivity index (χ0n) is 12.1. The van der Waals surface area contributed by atoms with E-state index in [1.807, 2.05) is 51.2 Å². The summed E-state index contributed by atoms with van der Waals surface area (Å²) in [6, 6.07) is 9.62. The lowest BCUT2D eigenvalue weighted by molar-refractivity contribution is 0.190. The van der Waals surface area contributed by atoms with Crippen LogP contribution in [0.25, 0.3) is 0 Å². The number of rotatable bonds is 3. The summed E-state index contributed by atoms with van der Waals surface area (Å²) < 4.78 is 0. The van der Waals surface area contributed by atoms with Crippen molar-refractivity contribution in [1.82, 2.24) is 15.1 Å². The second-order valence-corrected chi connectivity index (χ2v) is 6.32. The summed E-state index contributed by atoms with van der Waals surface area (Å²) in [5.41, 5.74) is 2.16. The summed E-state index contributed by atoms with van der Waals surface area (Å²) in [7, 11) is 1.82. The van der Waals surface area contributed by atoms with Gasteiger partial charge in [-0.05, 0) is 26.0 Å². The van der Waals surface area contributed by atoms with Crippen LogP contribution in [0.1, 0.15) is 13.8 Å². The van der Waals surface area contributed by atoms with E-state index in [2.05, 4.69) is 15.5 Å². The molecule has 0 saturated carbocycles. The number of amides is 2. The van der Waals surface area contributed by atoms with Gasteiger partial charge >= 0.3 is 6.03 Å². The van der Waals surface area contributed by atoms with Crippen LogP contribution >= 0.6 is 11.3 Å². The Labute approximate surface area is 127 Å². The Morgan fingerprint density at radius 3 is 2.62 bits per heavy atom. The van der Waals surface area contributed by atoms with Gasteiger partial charge in [0.15, 0.2) is 0 Å². The van der Waals surface area contributed by atoms with E-state index >= 15 is 0 Å². The number of hydrogen-bond acceptors (Lipinski definition) is 5. The van der Waals surface area contributed by atoms with E-state index in [-0.39, 0.29) is 17.7 Å². The molecule has 0 unspecified atom stereocenters. The van der Waals surface area contributed by atoms with Crippen molar-refractivity contribution in [3.8, 4) is 0 Å². The minimum absolute atomic E-state index is 0.0341. The summed E-state index contributed by atoms with van der Waals surface area (Å²) >= 11 is 1.42. The first-order valence-electron chi connectivity index (χ1n) is 6.66. The normalized spacial score (nSPS) is 20.9. The first-order valence-corrected chi connectivity index (χ1v) is 7.54. The van der Waals surface area contributed by atoms with Gasteiger partial charge in [0.25, 0.3) is 0 Å². The van der Waals surface area contributed by atoms with Crippen LogP contribution in [0.3, 0.4) is 0 Å². The molecule has 1 aliphatic rings. The summed E-state index contributed by atoms with van der Waals surface area (Å²) in [4.78, 5) is 16.2. The first-order chi connectivity index (χ1) is 10.0. The van der Waals surface area contributed by atoms with Crippen molar-refractivity contribution >= 4 is 28.2 Å². The summed E-state index contributed by atoms with van der Waals surface area (Å²) in [6.45, 7) is 4.07. The van der Waals surface area contributed by atoms with E-state index < -0.39 is 0 Å². The van der Waals surface area contributed by atoms with Crippen LogP contribution in [0.5, 0.6) is 0 Å². The van der Waals surface area contributed by atoms with E-state index in [1.54, 1.807) is 15.3 Å². The fourth-order valence-electron chi connectivity index (χ4n) is 2.46. The van der Waals surface area contributed by atoms with E-state index in [4.69, 9.17) is 0 Å². The Bertz CT molecular complexity index is 628. The molecular weight excluding hydrogens is 286 g/mol. The lowest BCUT2D eigenvalue weighted by Gasteiger charge is -2.33. The number of benzene rings is 1. The van der Waals surface area contributed by atoms with Crippen LogP contribution in [0.4, 0.5) is 15.6 Å². The highest BCUT2D eigenvalue weighted by atomic mass is 32.1. The quantitative estimate of drug-likeness (QED) is 0.947. The Morgan fingerprint density at radius 1 is 1.29 bits per heavy atom. The van der Waals surface area contributed by atoms with Gasteiger partial charge in [-0.2, -0.15) is 0 Å². The highest BCUT2D eigenvalue weighted by Crippen LogP contribution is 2.35. The number of carbonyl (C=O) groups is 1. The van der Waals surface area contributed by atoms with Gasteiger partial charge in [-0.1, -0.05) is 29.5 Å². The number of anilines is 2. The van der Waals surface area contributed by atoms with Crippen LogP contribution in [0.2, 0.25) is 0 Å². The smallest absolute Gasteiger partial charge is 0.326 e. The minimum Gasteiger partial charge on any atom is -0.337 e. The topological polar surface area (TPSA) is 61.4 Å². The zero-order valence-corrected chi connectivity index (χ0v) is 13.0. The summed E-state index contributed by atoms with van der Waals surface area (Å²) in [5.74, 6) is 0. The standard InChI is InChI=1S/C14H17N5OS/c1-14(2)11(16-12-17-15-9-21-12)19(13(20)18(14)3)10-7-5-4-6-8-10/h4-9,11H,1-3H3,(H,16,17)/t11-/m1/s1. The molecule has 6 nitrogen and oxygen atoms in total. The third-order valence-electron chi connectivity index (χ3n) is 3.94. The largest absolute Gasteiger partial charge is 0.337 e. The Hall–Kier alpha value is -2.15. The van der Waals surface area contributed by atoms with Crippen LogP contribution < -0.4 is 10.2 Å². The lowest BCUT2D eigenvalue weighted by Crippen LogP contribution is -2.50. The van der Waals surface area contributed by atoms with E-state index in [9.17, 15) is 4.79 Å². The molecule has 0 aliphatic carbocycles. The molecule has 2 amide bonds. The average molecular weight is 303 g/mol. The van der Waals surface area contributed by atoms with Crippen molar-refractivity contribution in [2.45, 2.75) is 25.6 Å². The number of nitrogens with one attached hydrogen (secondary N) is 1. The van der Waals surface area contributed by atoms with Crippen molar-refractivity contribution in [2.24, 2.45) is 0 Å². The molecule has 1 aromatic heterocycles. The summed E-state index contributed by atoms with van der Waals surface area (Å²) in [5, 5.41) is 11.9. The fraction of sp³-hybridized carbons (Fsp3) is 0.357. The highest BCUT2D eigenvalue weighted by molar-refractivity contribution is 7.13. The molecule has 1 aromatic carbocycles. The molecule has 3 rings (SSSR count). The first kappa shape index (κ1) is 13.8. The van der Waals surface area contributed by atoms with E-state index in [0.717, 1.165) is 5.69 Å². The number of nitrogens with zero attached hydrogens (tertiary/aromatic N) is 4. The van der Waals surface area contributed by atoms with Gasteiger partial charge in [-0.3, -0.25) is 4.90 Å². The lowest BCUT2D eigenvalue weighted by atomic mass is 10.0. The van der Waals surface area contributed by atoms with Crippen LogP contribution in [-0.2, 0) is 0 Å². The Balaban J connectivity index is 2.00. The monoisotopic (exact) mass is 303 g/mol. The van der Waals surface area contributed by atoms with Gasteiger partial charge in [-0.25, -0.2) is 4.79 Å². The van der Waals surface area contributed by atoms with E-state index in [0.29, 0.717) is 5.13 Å². The molecule has 21 heavy (non-hydrogen) atoms. The van der Waals surface area contributed by atoms with Gasteiger partial charge in [0.1, 0.15) is 11.7 Å². The van der Waals surface area contributed by atoms with Gasteiger partial charge in [0.05, 0.1) is 5.54 Å². The number of carbonyl (C=O) groups excluding carboxylic acids is 1. The molecule has 1 N–H and O–H groups in total. The molecule has 110 valence electrons. The zero-order chi connectivity index (χ0) is 15.0. The van der Waals surface area contributed by atoms with Crippen LogP contribution in [-0.4, -0.2) is 39.9 Å².